The third-order valence-electron chi connectivity index (χ3n) is 4.10. The fourth-order valence-electron chi connectivity index (χ4n) is 2.76. The maximum Gasteiger partial charge on any atom is 0.261 e. The minimum absolute atomic E-state index is 0.0974. The van der Waals surface area contributed by atoms with Gasteiger partial charge in [-0.15, -0.1) is 0 Å². The van der Waals surface area contributed by atoms with Gasteiger partial charge in [-0.25, -0.2) is 0 Å². The van der Waals surface area contributed by atoms with E-state index in [1.54, 1.807) is 19.2 Å². The molecule has 120 valence electrons. The Morgan fingerprint density at radius 2 is 2.05 bits per heavy atom. The molecule has 1 atom stereocenters. The fraction of sp³-hybridized carbons (Fsp3) is 0.562. The van der Waals surface area contributed by atoms with E-state index >= 15 is 0 Å². The number of hydrogen-bond donors (Lipinski definition) is 2. The summed E-state index contributed by atoms with van der Waals surface area (Å²) in [5.41, 5.74) is 0.501. The zero-order chi connectivity index (χ0) is 16.3. The van der Waals surface area contributed by atoms with E-state index in [1.807, 2.05) is 13.8 Å². The maximum absolute atomic E-state index is 12.7. The molecule has 0 aromatic carbocycles. The van der Waals surface area contributed by atoms with Crippen molar-refractivity contribution >= 4 is 11.8 Å². The molecule has 2 rings (SSSR count). The Morgan fingerprint density at radius 1 is 1.32 bits per heavy atom. The second kappa shape index (κ2) is 6.77. The zero-order valence-electron chi connectivity index (χ0n) is 13.3. The number of aromatic amines is 1. The smallest absolute Gasteiger partial charge is 0.261 e. The fourth-order valence-corrected chi connectivity index (χ4v) is 2.76. The van der Waals surface area contributed by atoms with E-state index in [0.717, 1.165) is 18.5 Å². The highest BCUT2D eigenvalue weighted by atomic mass is 16.2. The van der Waals surface area contributed by atoms with Crippen molar-refractivity contribution in [2.75, 3.05) is 13.6 Å². The van der Waals surface area contributed by atoms with Crippen LogP contribution in [0.1, 0.15) is 55.1 Å². The number of aromatic nitrogens is 1. The van der Waals surface area contributed by atoms with Crippen LogP contribution in [-0.2, 0) is 4.79 Å². The molecule has 0 aliphatic carbocycles. The summed E-state index contributed by atoms with van der Waals surface area (Å²) in [6.45, 7) is 4.44. The summed E-state index contributed by atoms with van der Waals surface area (Å²) in [5.74, 6) is -0.362. The largest absolute Gasteiger partial charge is 0.357 e. The predicted octanol–water partition coefficient (Wildman–Crippen LogP) is 1.24. The Balaban J connectivity index is 2.29. The number of amides is 2. The number of carbonyl (C=O) groups excluding carboxylic acids is 2. The lowest BCUT2D eigenvalue weighted by molar-refractivity contribution is -0.126. The van der Waals surface area contributed by atoms with Gasteiger partial charge in [0.25, 0.3) is 11.5 Å². The van der Waals surface area contributed by atoms with Gasteiger partial charge in [0, 0.05) is 19.3 Å². The predicted molar refractivity (Wildman–Crippen MR) is 83.9 cm³/mol. The summed E-state index contributed by atoms with van der Waals surface area (Å²) in [6.07, 6.45) is 2.39. The van der Waals surface area contributed by atoms with Crippen molar-refractivity contribution in [3.8, 4) is 0 Å². The number of nitrogens with one attached hydrogen (secondary N) is 2. The molecule has 1 aromatic rings. The monoisotopic (exact) mass is 305 g/mol. The Bertz CT molecular complexity index is 621. The minimum atomic E-state index is -0.490. The van der Waals surface area contributed by atoms with Crippen molar-refractivity contribution in [1.82, 2.24) is 15.2 Å². The average molecular weight is 305 g/mol. The molecule has 2 heterocycles. The van der Waals surface area contributed by atoms with E-state index in [2.05, 4.69) is 10.3 Å². The first-order valence-corrected chi connectivity index (χ1v) is 7.71. The molecule has 6 heteroatoms. The molecule has 1 aromatic heterocycles. The van der Waals surface area contributed by atoms with Crippen molar-refractivity contribution in [2.24, 2.45) is 0 Å². The highest BCUT2D eigenvalue weighted by molar-refractivity contribution is 5.97. The highest BCUT2D eigenvalue weighted by Gasteiger charge is 2.33. The topological polar surface area (TPSA) is 82.3 Å². The van der Waals surface area contributed by atoms with Crippen molar-refractivity contribution in [1.29, 1.82) is 0 Å². The summed E-state index contributed by atoms with van der Waals surface area (Å²) in [5, 5.41) is 2.59. The molecule has 0 bridgehead atoms. The summed E-state index contributed by atoms with van der Waals surface area (Å²) < 4.78 is 0. The zero-order valence-corrected chi connectivity index (χ0v) is 13.3. The number of pyridine rings is 1. The lowest BCUT2D eigenvalue weighted by atomic mass is 10.00. The SMILES string of the molecule is CNC(=O)C1CCCCN1C(=O)c1ccc(C(C)C)[nH]c1=O. The Morgan fingerprint density at radius 3 is 2.64 bits per heavy atom. The van der Waals surface area contributed by atoms with Crippen LogP contribution in [0, 0.1) is 0 Å². The quantitative estimate of drug-likeness (QED) is 0.881. The van der Waals surface area contributed by atoms with Crippen LogP contribution in [-0.4, -0.2) is 41.3 Å². The molecular formula is C16H23N3O3. The van der Waals surface area contributed by atoms with Crippen LogP contribution in [0.3, 0.4) is 0 Å². The van der Waals surface area contributed by atoms with Gasteiger partial charge < -0.3 is 15.2 Å². The van der Waals surface area contributed by atoms with Gasteiger partial charge in [0.1, 0.15) is 11.6 Å². The van der Waals surface area contributed by atoms with Crippen molar-refractivity contribution < 1.29 is 9.59 Å². The van der Waals surface area contributed by atoms with E-state index in [9.17, 15) is 14.4 Å². The third-order valence-corrected chi connectivity index (χ3v) is 4.10. The van der Waals surface area contributed by atoms with Crippen LogP contribution in [0.15, 0.2) is 16.9 Å². The number of rotatable bonds is 3. The van der Waals surface area contributed by atoms with Crippen LogP contribution < -0.4 is 10.9 Å². The number of nitrogens with zero attached hydrogens (tertiary/aromatic N) is 1. The van der Waals surface area contributed by atoms with Crippen molar-refractivity contribution in [2.45, 2.75) is 45.1 Å². The first-order chi connectivity index (χ1) is 10.5. The van der Waals surface area contributed by atoms with Crippen LogP contribution in [0.25, 0.3) is 0 Å². The second-order valence-corrected chi connectivity index (χ2v) is 5.94. The van der Waals surface area contributed by atoms with E-state index in [0.29, 0.717) is 13.0 Å². The van der Waals surface area contributed by atoms with Crippen LogP contribution in [0.5, 0.6) is 0 Å². The van der Waals surface area contributed by atoms with Gasteiger partial charge in [-0.2, -0.15) is 0 Å². The lowest BCUT2D eigenvalue weighted by Gasteiger charge is -2.34. The van der Waals surface area contributed by atoms with Crippen LogP contribution in [0.2, 0.25) is 0 Å². The number of hydrogen-bond acceptors (Lipinski definition) is 3. The van der Waals surface area contributed by atoms with Gasteiger partial charge in [0.15, 0.2) is 0 Å². The number of piperidine rings is 1. The van der Waals surface area contributed by atoms with Gasteiger partial charge in [-0.1, -0.05) is 13.8 Å². The third kappa shape index (κ3) is 3.21. The number of carbonyl (C=O) groups is 2. The van der Waals surface area contributed by atoms with Gasteiger partial charge in [0.05, 0.1) is 0 Å². The average Bonchev–Trinajstić information content (AvgIpc) is 2.53. The number of likely N-dealkylation sites (tertiary alicyclic amines) is 1. The summed E-state index contributed by atoms with van der Waals surface area (Å²) in [6, 6.07) is 2.83. The molecule has 1 aliphatic rings. The molecular weight excluding hydrogens is 282 g/mol. The molecule has 22 heavy (non-hydrogen) atoms. The van der Waals surface area contributed by atoms with Gasteiger partial charge >= 0.3 is 0 Å². The van der Waals surface area contributed by atoms with E-state index < -0.39 is 11.6 Å². The van der Waals surface area contributed by atoms with Crippen molar-refractivity contribution in [3.63, 3.8) is 0 Å². The minimum Gasteiger partial charge on any atom is -0.357 e. The first kappa shape index (κ1) is 16.3. The molecule has 1 saturated heterocycles. The molecule has 2 amide bonds. The standard InChI is InChI=1S/C16H23N3O3/c1-10(2)12-8-7-11(14(20)18-12)16(22)19-9-5-4-6-13(19)15(21)17-3/h7-8,10,13H,4-6,9H2,1-3H3,(H,17,21)(H,18,20). The molecule has 0 radical (unpaired) electrons. The summed E-state index contributed by atoms with van der Waals surface area (Å²) >= 11 is 0. The van der Waals surface area contributed by atoms with Crippen molar-refractivity contribution in [3.05, 3.63) is 33.7 Å². The second-order valence-electron chi connectivity index (χ2n) is 5.94. The molecule has 2 N–H and O–H groups in total. The van der Waals surface area contributed by atoms with E-state index in [1.165, 1.54) is 4.90 Å². The molecule has 1 aliphatic heterocycles. The molecule has 0 spiro atoms. The molecule has 6 nitrogen and oxygen atoms in total. The number of H-pyrrole nitrogens is 1. The molecule has 0 saturated carbocycles. The normalized spacial score (nSPS) is 18.4. The van der Waals surface area contributed by atoms with Gasteiger partial charge in [0.2, 0.25) is 5.91 Å². The van der Waals surface area contributed by atoms with Gasteiger partial charge in [-0.3, -0.25) is 14.4 Å². The highest BCUT2D eigenvalue weighted by Crippen LogP contribution is 2.19. The maximum atomic E-state index is 12.7. The van der Waals surface area contributed by atoms with E-state index in [-0.39, 0.29) is 23.3 Å². The van der Waals surface area contributed by atoms with E-state index in [4.69, 9.17) is 0 Å². The van der Waals surface area contributed by atoms with Gasteiger partial charge in [-0.05, 0) is 37.3 Å². The number of likely N-dealkylation sites (N-methyl/N-ethyl adjacent to an activating group) is 1. The van der Waals surface area contributed by atoms with Crippen LogP contribution >= 0.6 is 0 Å². The van der Waals surface area contributed by atoms with Crippen LogP contribution in [0.4, 0.5) is 0 Å². The summed E-state index contributed by atoms with van der Waals surface area (Å²) in [7, 11) is 1.56. The Labute approximate surface area is 129 Å². The molecule has 1 fully saturated rings. The first-order valence-electron chi connectivity index (χ1n) is 7.71. The summed E-state index contributed by atoms with van der Waals surface area (Å²) in [4.78, 5) is 41.0. The lowest BCUT2D eigenvalue weighted by Crippen LogP contribution is -2.52. The molecule has 1 unspecified atom stereocenters. The Hall–Kier alpha value is -2.11. The Kier molecular flexibility index (Phi) is 5.00.